The van der Waals surface area contributed by atoms with Gasteiger partial charge in [0.2, 0.25) is 5.95 Å². The number of piperidine rings is 1. The van der Waals surface area contributed by atoms with Gasteiger partial charge in [-0.05, 0) is 56.0 Å². The number of benzene rings is 2. The Morgan fingerprint density at radius 2 is 1.58 bits per heavy atom. The maximum atomic E-state index is 12.9. The van der Waals surface area contributed by atoms with Gasteiger partial charge in [0.1, 0.15) is 0 Å². The lowest BCUT2D eigenvalue weighted by atomic mass is 9.89. The largest absolute Gasteiger partial charge is 0.416 e. The fourth-order valence-electron chi connectivity index (χ4n) is 5.38. The normalized spacial score (nSPS) is 22.9. The molecule has 2 aliphatic rings. The molecule has 1 aromatic heterocycles. The highest BCUT2D eigenvalue weighted by Crippen LogP contribution is 2.31. The third-order valence-corrected chi connectivity index (χ3v) is 7.24. The molecule has 1 saturated carbocycles. The van der Waals surface area contributed by atoms with E-state index in [1.54, 1.807) is 18.3 Å². The van der Waals surface area contributed by atoms with Crippen molar-refractivity contribution in [3.8, 4) is 11.3 Å². The third kappa shape index (κ3) is 5.98. The minimum absolute atomic E-state index is 0.228. The Balaban J connectivity index is 1.23. The SMILES string of the molecule is FC(F)(F)c1ccc(N2CCC[C@H](N[C@@H]3CCCC[C@H]3Nc3nccc(-c4ccccc4)n3)C2)cc1. The van der Waals surface area contributed by atoms with Gasteiger partial charge < -0.3 is 15.5 Å². The summed E-state index contributed by atoms with van der Waals surface area (Å²) >= 11 is 0. The van der Waals surface area contributed by atoms with Gasteiger partial charge in [-0.1, -0.05) is 43.2 Å². The molecule has 1 saturated heterocycles. The van der Waals surface area contributed by atoms with Crippen molar-refractivity contribution in [2.24, 2.45) is 0 Å². The maximum absolute atomic E-state index is 12.9. The number of rotatable bonds is 6. The van der Waals surface area contributed by atoms with Crippen LogP contribution < -0.4 is 15.5 Å². The van der Waals surface area contributed by atoms with Gasteiger partial charge in [-0.3, -0.25) is 0 Å². The Labute approximate surface area is 210 Å². The van der Waals surface area contributed by atoms with Gasteiger partial charge in [0.05, 0.1) is 11.3 Å². The lowest BCUT2D eigenvalue weighted by Gasteiger charge is -2.40. The molecule has 8 heteroatoms. The molecule has 36 heavy (non-hydrogen) atoms. The maximum Gasteiger partial charge on any atom is 0.416 e. The standard InChI is InChI=1S/C28H32F3N5/c29-28(30,31)21-12-14-23(15-13-21)36-18-6-9-22(19-36)33-25-10-4-5-11-26(25)35-27-32-17-16-24(34-27)20-7-2-1-3-8-20/h1-3,7-8,12-17,22,25-26,33H,4-6,9-11,18-19H2,(H,32,34,35)/t22-,25+,26+/m0/s1. The average Bonchev–Trinajstić information content (AvgIpc) is 2.90. The van der Waals surface area contributed by atoms with E-state index in [1.807, 2.05) is 36.4 Å². The second-order valence-electron chi connectivity index (χ2n) is 9.77. The van der Waals surface area contributed by atoms with Crippen molar-refractivity contribution in [2.45, 2.75) is 62.8 Å². The van der Waals surface area contributed by atoms with E-state index in [0.29, 0.717) is 12.0 Å². The van der Waals surface area contributed by atoms with Crippen molar-refractivity contribution in [3.63, 3.8) is 0 Å². The Hall–Kier alpha value is -3.13. The van der Waals surface area contributed by atoms with Crippen LogP contribution in [0.5, 0.6) is 0 Å². The van der Waals surface area contributed by atoms with Crippen molar-refractivity contribution in [3.05, 3.63) is 72.4 Å². The van der Waals surface area contributed by atoms with Gasteiger partial charge in [-0.2, -0.15) is 13.2 Å². The molecule has 3 aromatic rings. The smallest absolute Gasteiger partial charge is 0.370 e. The molecule has 2 fully saturated rings. The first kappa shape index (κ1) is 24.6. The van der Waals surface area contributed by atoms with E-state index in [2.05, 4.69) is 20.5 Å². The minimum atomic E-state index is -4.31. The fraction of sp³-hybridized carbons (Fsp3) is 0.429. The van der Waals surface area contributed by atoms with Crippen LogP contribution in [0.3, 0.4) is 0 Å². The van der Waals surface area contributed by atoms with Gasteiger partial charge in [0.15, 0.2) is 0 Å². The molecule has 5 nitrogen and oxygen atoms in total. The van der Waals surface area contributed by atoms with Crippen LogP contribution in [-0.2, 0) is 6.18 Å². The molecule has 0 spiro atoms. The van der Waals surface area contributed by atoms with Crippen LogP contribution in [0.1, 0.15) is 44.1 Å². The zero-order valence-electron chi connectivity index (χ0n) is 20.2. The number of nitrogens with one attached hydrogen (secondary N) is 2. The van der Waals surface area contributed by atoms with Crippen LogP contribution in [-0.4, -0.2) is 41.2 Å². The molecule has 190 valence electrons. The van der Waals surface area contributed by atoms with E-state index in [9.17, 15) is 13.2 Å². The summed E-state index contributed by atoms with van der Waals surface area (Å²) in [6.07, 6.45) is 4.02. The number of anilines is 2. The first-order valence-corrected chi connectivity index (χ1v) is 12.8. The van der Waals surface area contributed by atoms with E-state index in [-0.39, 0.29) is 12.1 Å². The van der Waals surface area contributed by atoms with Crippen LogP contribution in [0.4, 0.5) is 24.8 Å². The van der Waals surface area contributed by atoms with E-state index in [1.165, 1.54) is 18.6 Å². The zero-order chi connectivity index (χ0) is 25.0. The lowest BCUT2D eigenvalue weighted by molar-refractivity contribution is -0.137. The molecular weight excluding hydrogens is 463 g/mol. The Bertz CT molecular complexity index is 1120. The fourth-order valence-corrected chi connectivity index (χ4v) is 5.38. The van der Waals surface area contributed by atoms with Crippen molar-refractivity contribution >= 4 is 11.6 Å². The van der Waals surface area contributed by atoms with Gasteiger partial charge >= 0.3 is 6.18 Å². The summed E-state index contributed by atoms with van der Waals surface area (Å²) in [4.78, 5) is 11.4. The molecule has 0 amide bonds. The summed E-state index contributed by atoms with van der Waals surface area (Å²) in [5, 5.41) is 7.46. The predicted molar refractivity (Wildman–Crippen MR) is 137 cm³/mol. The first-order valence-electron chi connectivity index (χ1n) is 12.8. The molecule has 0 unspecified atom stereocenters. The molecule has 1 aliphatic heterocycles. The van der Waals surface area contributed by atoms with E-state index < -0.39 is 11.7 Å². The summed E-state index contributed by atoms with van der Waals surface area (Å²) < 4.78 is 38.8. The van der Waals surface area contributed by atoms with Crippen LogP contribution >= 0.6 is 0 Å². The molecule has 2 N–H and O–H groups in total. The molecule has 2 aromatic carbocycles. The zero-order valence-corrected chi connectivity index (χ0v) is 20.2. The Morgan fingerprint density at radius 1 is 0.833 bits per heavy atom. The first-order chi connectivity index (χ1) is 17.5. The molecule has 3 atom stereocenters. The highest BCUT2D eigenvalue weighted by molar-refractivity contribution is 5.59. The monoisotopic (exact) mass is 495 g/mol. The van der Waals surface area contributed by atoms with Gasteiger partial charge in [0.25, 0.3) is 0 Å². The summed E-state index contributed by atoms with van der Waals surface area (Å²) in [6, 6.07) is 18.4. The van der Waals surface area contributed by atoms with Crippen LogP contribution in [0.15, 0.2) is 66.9 Å². The Kier molecular flexibility index (Phi) is 7.41. The topological polar surface area (TPSA) is 53.1 Å². The quantitative estimate of drug-likeness (QED) is 0.430. The average molecular weight is 496 g/mol. The molecule has 2 heterocycles. The number of hydrogen-bond donors (Lipinski definition) is 2. The van der Waals surface area contributed by atoms with E-state index in [4.69, 9.17) is 4.98 Å². The second-order valence-corrected chi connectivity index (χ2v) is 9.77. The van der Waals surface area contributed by atoms with Crippen LogP contribution in [0.2, 0.25) is 0 Å². The van der Waals surface area contributed by atoms with Gasteiger partial charge in [0, 0.05) is 48.7 Å². The van der Waals surface area contributed by atoms with E-state index in [0.717, 1.165) is 62.1 Å². The molecule has 0 bridgehead atoms. The van der Waals surface area contributed by atoms with Crippen molar-refractivity contribution in [1.29, 1.82) is 0 Å². The third-order valence-electron chi connectivity index (χ3n) is 7.24. The summed E-state index contributed by atoms with van der Waals surface area (Å²) in [5.41, 5.74) is 2.20. The predicted octanol–water partition coefficient (Wildman–Crippen LogP) is 6.14. The molecule has 5 rings (SSSR count). The highest BCUT2D eigenvalue weighted by atomic mass is 19.4. The minimum Gasteiger partial charge on any atom is -0.370 e. The lowest BCUT2D eigenvalue weighted by Crippen LogP contribution is -2.55. The number of aromatic nitrogens is 2. The number of halogens is 3. The van der Waals surface area contributed by atoms with Gasteiger partial charge in [-0.15, -0.1) is 0 Å². The highest BCUT2D eigenvalue weighted by Gasteiger charge is 2.32. The number of hydrogen-bond acceptors (Lipinski definition) is 5. The van der Waals surface area contributed by atoms with E-state index >= 15 is 0 Å². The molecule has 0 radical (unpaired) electrons. The van der Waals surface area contributed by atoms with Crippen molar-refractivity contribution in [2.75, 3.05) is 23.3 Å². The van der Waals surface area contributed by atoms with Crippen LogP contribution in [0, 0.1) is 0 Å². The Morgan fingerprint density at radius 3 is 2.33 bits per heavy atom. The van der Waals surface area contributed by atoms with Crippen LogP contribution in [0.25, 0.3) is 11.3 Å². The summed E-state index contributed by atoms with van der Waals surface area (Å²) in [5.74, 6) is 0.644. The summed E-state index contributed by atoms with van der Waals surface area (Å²) in [6.45, 7) is 1.64. The van der Waals surface area contributed by atoms with Crippen molar-refractivity contribution in [1.82, 2.24) is 15.3 Å². The molecular formula is C28H32F3N5. The molecule has 1 aliphatic carbocycles. The van der Waals surface area contributed by atoms with Gasteiger partial charge in [-0.25, -0.2) is 9.97 Å². The summed E-state index contributed by atoms with van der Waals surface area (Å²) in [7, 11) is 0. The van der Waals surface area contributed by atoms with Crippen molar-refractivity contribution < 1.29 is 13.2 Å². The number of alkyl halides is 3. The second kappa shape index (κ2) is 10.9. The number of nitrogens with zero attached hydrogens (tertiary/aromatic N) is 3.